The molecule has 3 amide bonds. The number of pyridine rings is 1. The molecule has 5 fully saturated rings. The highest BCUT2D eigenvalue weighted by molar-refractivity contribution is 6.00. The zero-order valence-electron chi connectivity index (χ0n) is 36.0. The summed E-state index contributed by atoms with van der Waals surface area (Å²) in [5.41, 5.74) is 4.75. The summed E-state index contributed by atoms with van der Waals surface area (Å²) in [7, 11) is 1.71. The summed E-state index contributed by atoms with van der Waals surface area (Å²) in [5, 5.41) is 14.4. The number of halogens is 3. The maximum Gasteiger partial charge on any atom is 0.329 e. The van der Waals surface area contributed by atoms with E-state index in [9.17, 15) is 37.5 Å². The van der Waals surface area contributed by atoms with Crippen LogP contribution in [-0.4, -0.2) is 95.5 Å². The predicted octanol–water partition coefficient (Wildman–Crippen LogP) is 5.32. The second kappa shape index (κ2) is 16.5. The highest BCUT2D eigenvalue weighted by atomic mass is 19.2. The molecule has 0 unspecified atom stereocenters. The topological polar surface area (TPSA) is 172 Å². The van der Waals surface area contributed by atoms with E-state index in [0.29, 0.717) is 18.0 Å². The summed E-state index contributed by atoms with van der Waals surface area (Å²) in [5.74, 6) is -7.02. The normalized spacial score (nSPS) is 22.5. The number of carbonyl (C=O) groups is 3. The number of hydrogen-bond acceptors (Lipinski definition) is 10. The highest BCUT2D eigenvalue weighted by Crippen LogP contribution is 2.57. The van der Waals surface area contributed by atoms with E-state index < -0.39 is 46.6 Å². The number of hydrogen-bond donors (Lipinski definition) is 3. The van der Waals surface area contributed by atoms with Gasteiger partial charge in [0.05, 0.1) is 40.4 Å². The van der Waals surface area contributed by atoms with Crippen LogP contribution in [0.5, 0.6) is 5.75 Å². The van der Waals surface area contributed by atoms with Gasteiger partial charge in [0, 0.05) is 69.6 Å². The Labute approximate surface area is 371 Å². The average Bonchev–Trinajstić information content (AvgIpc) is 3.87. The van der Waals surface area contributed by atoms with Crippen LogP contribution in [0.25, 0.3) is 27.9 Å². The highest BCUT2D eigenvalue weighted by Gasteiger charge is 2.50. The minimum atomic E-state index is -1.78. The van der Waals surface area contributed by atoms with Crippen LogP contribution in [0.1, 0.15) is 85.4 Å². The van der Waals surface area contributed by atoms with Crippen molar-refractivity contribution in [1.29, 1.82) is 0 Å². The number of aromatic nitrogens is 6. The third kappa shape index (κ3) is 7.70. The molecule has 5 aliphatic rings. The molecule has 2 bridgehead atoms. The van der Waals surface area contributed by atoms with Crippen molar-refractivity contribution in [1.82, 2.24) is 44.0 Å². The summed E-state index contributed by atoms with van der Waals surface area (Å²) in [6.45, 7) is 4.66. The van der Waals surface area contributed by atoms with Gasteiger partial charge in [0.25, 0.3) is 5.91 Å². The van der Waals surface area contributed by atoms with Crippen molar-refractivity contribution in [3.05, 3.63) is 106 Å². The number of imidazole rings is 2. The standard InChI is InChI=1S/C47H49F3N10O5/c1-56-35-21-28(4-5-33(35)60(45(56)65)34-6-7-39(61)55-44(34)64)3-2-15-57-17-19-58(20-18-57)38-25-51-32(24-52-38)29-8-16-59-26-36(54-37(59)22-29)47-12-9-46(10-13-47,11-14-47)27-53-43(63)30-23-31(48)42(62)41(50)40(30)49/h4-5,8,16,21-26,34,62H,2-3,6-7,9-15,17-20,27H2,1H3,(H,53,63)(H,55,61,64)/t34-,46?,47?/m1/s1. The Hall–Kier alpha value is -6.56. The van der Waals surface area contributed by atoms with Gasteiger partial charge in [-0.25, -0.2) is 23.5 Å². The number of benzene rings is 2. The largest absolute Gasteiger partial charge is 0.503 e. The van der Waals surface area contributed by atoms with Crippen LogP contribution in [0.3, 0.4) is 0 Å². The molecule has 2 aliphatic heterocycles. The van der Waals surface area contributed by atoms with Crippen LogP contribution in [0.2, 0.25) is 0 Å². The lowest BCUT2D eigenvalue weighted by molar-refractivity contribution is -0.135. The van der Waals surface area contributed by atoms with Crippen molar-refractivity contribution in [2.75, 3.05) is 44.2 Å². The van der Waals surface area contributed by atoms with Crippen molar-refractivity contribution in [2.24, 2.45) is 12.5 Å². The Bertz CT molecular complexity index is 2910. The van der Waals surface area contributed by atoms with Gasteiger partial charge in [0.1, 0.15) is 17.5 Å². The lowest BCUT2D eigenvalue weighted by Crippen LogP contribution is -2.49. The fourth-order valence-corrected chi connectivity index (χ4v) is 10.6. The van der Waals surface area contributed by atoms with Gasteiger partial charge in [0.2, 0.25) is 17.6 Å². The third-order valence-electron chi connectivity index (χ3n) is 14.7. The number of nitrogens with one attached hydrogen (secondary N) is 2. The SMILES string of the molecule is Cn1c(=O)n([C@@H]2CCC(=O)NC2=O)c2ccc(CCCN3CCN(c4cnc(-c5ccn6cc(C78CCC(CNC(=O)c9cc(F)c(O)c(F)c9F)(CC7)CC8)nc6c5)cn4)CC3)cc21. The summed E-state index contributed by atoms with van der Waals surface area (Å²) in [4.78, 5) is 69.5. The van der Waals surface area contributed by atoms with Crippen molar-refractivity contribution < 1.29 is 32.7 Å². The first-order chi connectivity index (χ1) is 31.3. The minimum absolute atomic E-state index is 0.105. The van der Waals surface area contributed by atoms with Crippen molar-refractivity contribution in [3.8, 4) is 17.0 Å². The third-order valence-corrected chi connectivity index (χ3v) is 14.7. The van der Waals surface area contributed by atoms with E-state index in [0.717, 1.165) is 124 Å². The van der Waals surface area contributed by atoms with Crippen molar-refractivity contribution in [2.45, 2.75) is 75.7 Å². The van der Waals surface area contributed by atoms with E-state index in [2.05, 4.69) is 26.6 Å². The molecule has 2 saturated heterocycles. The molecular weight excluding hydrogens is 842 g/mol. The number of piperazine rings is 1. The molecule has 6 aromatic rings. The first kappa shape index (κ1) is 42.4. The zero-order valence-corrected chi connectivity index (χ0v) is 36.0. The van der Waals surface area contributed by atoms with E-state index in [1.165, 1.54) is 4.57 Å². The molecule has 2 aromatic carbocycles. The first-order valence-corrected chi connectivity index (χ1v) is 22.3. The van der Waals surface area contributed by atoms with Crippen LogP contribution < -0.4 is 21.2 Å². The molecule has 338 valence electrons. The smallest absolute Gasteiger partial charge is 0.329 e. The summed E-state index contributed by atoms with van der Waals surface area (Å²) in [6.07, 6.45) is 15.1. The molecular formula is C47H49F3N10O5. The summed E-state index contributed by atoms with van der Waals surface area (Å²) in [6, 6.07) is 9.82. The number of piperidine rings is 1. The van der Waals surface area contributed by atoms with Gasteiger partial charge >= 0.3 is 5.69 Å². The number of imide groups is 1. The Morgan fingerprint density at radius 1 is 0.923 bits per heavy atom. The molecule has 0 radical (unpaired) electrons. The van der Waals surface area contributed by atoms with Crippen LogP contribution in [0.15, 0.2) is 66.0 Å². The Morgan fingerprint density at radius 3 is 2.42 bits per heavy atom. The molecule has 0 spiro atoms. The van der Waals surface area contributed by atoms with Crippen LogP contribution in [0, 0.1) is 22.9 Å². The number of nitrogens with zero attached hydrogens (tertiary/aromatic N) is 8. The number of anilines is 1. The summed E-state index contributed by atoms with van der Waals surface area (Å²) >= 11 is 0. The van der Waals surface area contributed by atoms with Crippen LogP contribution in [0.4, 0.5) is 19.0 Å². The molecule has 15 nitrogen and oxygen atoms in total. The van der Waals surface area contributed by atoms with Gasteiger partial charge in [-0.1, -0.05) is 6.07 Å². The van der Waals surface area contributed by atoms with Crippen molar-refractivity contribution in [3.63, 3.8) is 0 Å². The second-order valence-corrected chi connectivity index (χ2v) is 18.3. The minimum Gasteiger partial charge on any atom is -0.503 e. The monoisotopic (exact) mass is 890 g/mol. The molecule has 4 aromatic heterocycles. The lowest BCUT2D eigenvalue weighted by atomic mass is 9.53. The first-order valence-electron chi connectivity index (χ1n) is 22.3. The maximum absolute atomic E-state index is 14.3. The van der Waals surface area contributed by atoms with Crippen LogP contribution >= 0.6 is 0 Å². The Kier molecular flexibility index (Phi) is 10.7. The number of rotatable bonds is 11. The van der Waals surface area contributed by atoms with Crippen molar-refractivity contribution >= 4 is 40.2 Å². The summed E-state index contributed by atoms with van der Waals surface area (Å²) < 4.78 is 47.2. The van der Waals surface area contributed by atoms with Gasteiger partial charge in [-0.3, -0.25) is 38.7 Å². The Morgan fingerprint density at radius 2 is 1.69 bits per heavy atom. The molecule has 3 N–H and O–H groups in total. The molecule has 6 heterocycles. The number of aromatic hydroxyl groups is 1. The van der Waals surface area contributed by atoms with Crippen LogP contribution in [-0.2, 0) is 28.5 Å². The van der Waals surface area contributed by atoms with E-state index in [1.807, 2.05) is 53.3 Å². The van der Waals surface area contributed by atoms with Gasteiger partial charge in [-0.2, -0.15) is 4.39 Å². The van der Waals surface area contributed by atoms with E-state index in [-0.39, 0.29) is 35.4 Å². The molecule has 3 aliphatic carbocycles. The maximum atomic E-state index is 14.3. The fourth-order valence-electron chi connectivity index (χ4n) is 10.6. The van der Waals surface area contributed by atoms with Gasteiger partial charge in [-0.05, 0) is 106 Å². The quantitative estimate of drug-likeness (QED) is 0.114. The number of amides is 3. The average molecular weight is 891 g/mol. The van der Waals surface area contributed by atoms with Gasteiger partial charge in [0.15, 0.2) is 17.4 Å². The van der Waals surface area contributed by atoms with Gasteiger partial charge < -0.3 is 19.7 Å². The molecule has 3 saturated carbocycles. The lowest BCUT2D eigenvalue weighted by Gasteiger charge is -2.53. The van der Waals surface area contributed by atoms with E-state index >= 15 is 0 Å². The fraction of sp³-hybridized carbons (Fsp3) is 0.426. The number of fused-ring (bicyclic) bond motifs is 5. The van der Waals surface area contributed by atoms with E-state index in [1.54, 1.807) is 11.6 Å². The molecule has 11 rings (SSSR count). The number of phenolic OH excluding ortho intramolecular Hbond substituents is 1. The van der Waals surface area contributed by atoms with E-state index in [4.69, 9.17) is 15.0 Å². The number of phenols is 1. The second-order valence-electron chi connectivity index (χ2n) is 18.3. The molecule has 1 atom stereocenters. The predicted molar refractivity (Wildman–Crippen MR) is 234 cm³/mol. The Balaban J connectivity index is 0.711. The molecule has 18 heteroatoms. The van der Waals surface area contributed by atoms with Gasteiger partial charge in [-0.15, -0.1) is 0 Å². The zero-order chi connectivity index (χ0) is 45.2. The number of aryl methyl sites for hydroxylation is 2. The molecule has 65 heavy (non-hydrogen) atoms. The number of carbonyl (C=O) groups excluding carboxylic acids is 3.